The van der Waals surface area contributed by atoms with Crippen LogP contribution in [0.15, 0.2) is 217 Å². The van der Waals surface area contributed by atoms with Gasteiger partial charge in [-0.25, -0.2) is 0 Å². The summed E-state index contributed by atoms with van der Waals surface area (Å²) in [5.74, 6) is 0. The molecule has 0 saturated heterocycles. The maximum atomic E-state index is 5.07. The third kappa shape index (κ3) is 5.97. The lowest BCUT2D eigenvalue weighted by molar-refractivity contribution is 1.22. The van der Waals surface area contributed by atoms with E-state index in [1.807, 2.05) is 12.3 Å². The number of hydrogen-bond donors (Lipinski definition) is 0. The minimum atomic E-state index is 0.798. The van der Waals surface area contributed by atoms with E-state index in [2.05, 4.69) is 200 Å². The Balaban J connectivity index is 1.08. The molecule has 10 aromatic rings. The van der Waals surface area contributed by atoms with E-state index in [0.29, 0.717) is 0 Å². The van der Waals surface area contributed by atoms with Gasteiger partial charge in [0.15, 0.2) is 0 Å². The average molecular weight is 751 g/mol. The van der Waals surface area contributed by atoms with Crippen LogP contribution in [0, 0.1) is 0 Å². The molecular formula is C57H38N2. The molecule has 0 radical (unpaired) electrons. The molecule has 0 atom stereocenters. The number of rotatable bonds is 6. The Morgan fingerprint density at radius 3 is 1.68 bits per heavy atom. The summed E-state index contributed by atoms with van der Waals surface area (Å²) in [4.78, 5) is 9.09. The Bertz CT molecular complexity index is 3490. The molecule has 59 heavy (non-hydrogen) atoms. The monoisotopic (exact) mass is 750 g/mol. The Morgan fingerprint density at radius 2 is 0.966 bits per heavy atom. The minimum absolute atomic E-state index is 0.798. The van der Waals surface area contributed by atoms with E-state index < -0.39 is 0 Å². The molecule has 0 spiro atoms. The fourth-order valence-corrected chi connectivity index (χ4v) is 9.35. The standard InChI is InChI=1S/C57H38N2/c1-58-30-10-16-44-36-53(43-26-22-37-12-2-4-14-39(37)32-43)48-17-6-7-18-49(48)54(44)45-28-24-42-35-46(29-25-41(42)34-45)55-50-19-8-9-20-51(50)56(57-52(55)21-11-31-59-57)47-27-23-38-13-3-5-15-40(38)33-47/h2-35H,1,36H2/b30-10-,44-16+. The normalized spacial score (nSPS) is 13.7. The van der Waals surface area contributed by atoms with Crippen molar-refractivity contribution in [3.63, 3.8) is 0 Å². The van der Waals surface area contributed by atoms with E-state index in [1.165, 1.54) is 104 Å². The molecule has 0 fully saturated rings. The van der Waals surface area contributed by atoms with Crippen LogP contribution in [0.25, 0.3) is 87.4 Å². The molecule has 2 nitrogen and oxygen atoms in total. The van der Waals surface area contributed by atoms with Crippen molar-refractivity contribution in [1.82, 2.24) is 4.98 Å². The number of aliphatic imine (C=N–C) groups is 1. The quantitative estimate of drug-likeness (QED) is 0.123. The molecule has 1 aliphatic carbocycles. The van der Waals surface area contributed by atoms with Crippen molar-refractivity contribution in [3.05, 3.63) is 234 Å². The van der Waals surface area contributed by atoms with Gasteiger partial charge >= 0.3 is 0 Å². The van der Waals surface area contributed by atoms with Crippen LogP contribution in [0.3, 0.4) is 0 Å². The van der Waals surface area contributed by atoms with Gasteiger partial charge in [0.1, 0.15) is 0 Å². The first-order valence-corrected chi connectivity index (χ1v) is 20.2. The second kappa shape index (κ2) is 14.4. The summed E-state index contributed by atoms with van der Waals surface area (Å²) in [6.07, 6.45) is 8.70. The van der Waals surface area contributed by atoms with E-state index in [0.717, 1.165) is 17.3 Å². The zero-order valence-electron chi connectivity index (χ0n) is 32.4. The number of allylic oxidation sites excluding steroid dienone is 3. The molecule has 0 saturated carbocycles. The highest BCUT2D eigenvalue weighted by molar-refractivity contribution is 6.21. The van der Waals surface area contributed by atoms with Crippen molar-refractivity contribution in [1.29, 1.82) is 0 Å². The van der Waals surface area contributed by atoms with Crippen molar-refractivity contribution in [2.24, 2.45) is 4.99 Å². The predicted octanol–water partition coefficient (Wildman–Crippen LogP) is 13.1. The molecule has 1 aromatic heterocycles. The van der Waals surface area contributed by atoms with Gasteiger partial charge in [0.25, 0.3) is 0 Å². The van der Waals surface area contributed by atoms with Gasteiger partial charge in [0.05, 0.1) is 5.52 Å². The Labute approximate surface area is 342 Å². The average Bonchev–Trinajstić information content (AvgIpc) is 3.30. The highest BCUT2D eigenvalue weighted by atomic mass is 14.7. The van der Waals surface area contributed by atoms with Gasteiger partial charge in [-0.2, -0.15) is 0 Å². The van der Waals surface area contributed by atoms with Crippen molar-refractivity contribution in [2.45, 2.75) is 6.42 Å². The van der Waals surface area contributed by atoms with Gasteiger partial charge in [-0.3, -0.25) is 9.98 Å². The number of pyridine rings is 1. The summed E-state index contributed by atoms with van der Waals surface area (Å²) >= 11 is 0. The first-order valence-electron chi connectivity index (χ1n) is 20.2. The van der Waals surface area contributed by atoms with Gasteiger partial charge < -0.3 is 0 Å². The van der Waals surface area contributed by atoms with Crippen LogP contribution in [-0.4, -0.2) is 11.7 Å². The molecule has 0 unspecified atom stereocenters. The lowest BCUT2D eigenvalue weighted by Crippen LogP contribution is -2.33. The molecule has 276 valence electrons. The molecule has 1 aliphatic rings. The topological polar surface area (TPSA) is 25.2 Å². The van der Waals surface area contributed by atoms with Crippen LogP contribution in [0.5, 0.6) is 0 Å². The summed E-state index contributed by atoms with van der Waals surface area (Å²) in [5, 5.41) is 13.4. The summed E-state index contributed by atoms with van der Waals surface area (Å²) in [7, 11) is 0. The van der Waals surface area contributed by atoms with Crippen LogP contribution in [0.4, 0.5) is 0 Å². The molecule has 11 rings (SSSR count). The fraction of sp³-hybridized carbons (Fsp3) is 0.0175. The lowest BCUT2D eigenvalue weighted by Gasteiger charge is -2.22. The third-order valence-electron chi connectivity index (χ3n) is 12.0. The number of nitrogens with zero attached hydrogens (tertiary/aromatic N) is 2. The molecule has 1 heterocycles. The van der Waals surface area contributed by atoms with E-state index in [1.54, 1.807) is 6.20 Å². The first kappa shape index (κ1) is 34.6. The molecule has 0 aliphatic heterocycles. The molecule has 2 heteroatoms. The van der Waals surface area contributed by atoms with E-state index in [4.69, 9.17) is 4.98 Å². The van der Waals surface area contributed by atoms with Gasteiger partial charge in [-0.1, -0.05) is 158 Å². The molecular weight excluding hydrogens is 713 g/mol. The fourth-order valence-electron chi connectivity index (χ4n) is 9.35. The maximum absolute atomic E-state index is 5.07. The number of aromatic nitrogens is 1. The highest BCUT2D eigenvalue weighted by Crippen LogP contribution is 2.44. The van der Waals surface area contributed by atoms with Crippen LogP contribution >= 0.6 is 0 Å². The molecule has 0 amide bonds. The number of benzene rings is 9. The van der Waals surface area contributed by atoms with Crippen molar-refractivity contribution < 1.29 is 0 Å². The van der Waals surface area contributed by atoms with Crippen LogP contribution in [0.1, 0.15) is 17.5 Å². The number of hydrogen-bond acceptors (Lipinski definition) is 2. The third-order valence-corrected chi connectivity index (χ3v) is 12.0. The maximum Gasteiger partial charge on any atom is 0.0792 e. The SMILES string of the molecule is C=N/C=C\C=C1/CC(c2ccc3ccccc3c2)=c2ccccc2=C1c1ccc2cc(-c3c4ccccc4c(-c4ccc5ccccc5c4)c4ncccc34)ccc2c1. The second-order valence-electron chi connectivity index (χ2n) is 15.4. The number of fused-ring (bicyclic) bond motifs is 6. The van der Waals surface area contributed by atoms with Gasteiger partial charge in [-0.15, -0.1) is 0 Å². The van der Waals surface area contributed by atoms with Gasteiger partial charge in [-0.05, 0) is 148 Å². The summed E-state index contributed by atoms with van der Waals surface area (Å²) in [6.45, 7) is 3.69. The van der Waals surface area contributed by atoms with Crippen molar-refractivity contribution in [3.8, 4) is 22.3 Å². The molecule has 0 N–H and O–H groups in total. The summed E-state index contributed by atoms with van der Waals surface area (Å²) in [6, 6.07) is 66.6. The Morgan fingerprint density at radius 1 is 0.458 bits per heavy atom. The highest BCUT2D eigenvalue weighted by Gasteiger charge is 2.21. The van der Waals surface area contributed by atoms with Crippen LogP contribution in [0.2, 0.25) is 0 Å². The Kier molecular flexibility index (Phi) is 8.41. The second-order valence-corrected chi connectivity index (χ2v) is 15.4. The lowest BCUT2D eigenvalue weighted by atomic mass is 9.82. The van der Waals surface area contributed by atoms with E-state index >= 15 is 0 Å². The van der Waals surface area contributed by atoms with Gasteiger partial charge in [0.2, 0.25) is 0 Å². The zero-order valence-corrected chi connectivity index (χ0v) is 32.4. The molecule has 0 bridgehead atoms. The summed E-state index contributed by atoms with van der Waals surface area (Å²) < 4.78 is 0. The van der Waals surface area contributed by atoms with Crippen LogP contribution in [-0.2, 0) is 0 Å². The first-order chi connectivity index (χ1) is 29.2. The summed E-state index contributed by atoms with van der Waals surface area (Å²) in [5.41, 5.74) is 12.0. The van der Waals surface area contributed by atoms with Crippen molar-refractivity contribution in [2.75, 3.05) is 0 Å². The van der Waals surface area contributed by atoms with Crippen molar-refractivity contribution >= 4 is 71.9 Å². The van der Waals surface area contributed by atoms with Gasteiger partial charge in [0, 0.05) is 23.3 Å². The zero-order chi connectivity index (χ0) is 39.3. The van der Waals surface area contributed by atoms with E-state index in [9.17, 15) is 0 Å². The largest absolute Gasteiger partial charge is 0.273 e. The van der Waals surface area contributed by atoms with Crippen LogP contribution < -0.4 is 10.4 Å². The van der Waals surface area contributed by atoms with E-state index in [-0.39, 0.29) is 0 Å². The smallest absolute Gasteiger partial charge is 0.0792 e. The predicted molar refractivity (Wildman–Crippen MR) is 251 cm³/mol. The molecule has 9 aromatic carbocycles. The minimum Gasteiger partial charge on any atom is -0.273 e. The Hall–Kier alpha value is -7.68.